The maximum Gasteiger partial charge on any atom is 0.344 e. The van der Waals surface area contributed by atoms with Crippen LogP contribution in [0.2, 0.25) is 0 Å². The van der Waals surface area contributed by atoms with E-state index >= 15 is 0 Å². The molecule has 1 aliphatic rings. The van der Waals surface area contributed by atoms with E-state index in [4.69, 9.17) is 18.6 Å². The summed E-state index contributed by atoms with van der Waals surface area (Å²) in [5.41, 5.74) is 2.20. The lowest BCUT2D eigenvalue weighted by atomic mass is 10.0. The lowest BCUT2D eigenvalue weighted by Crippen LogP contribution is -2.47. The van der Waals surface area contributed by atoms with Gasteiger partial charge >= 0.3 is 18.0 Å². The largest absolute Gasteiger partial charge is 0.482 e. The highest BCUT2D eigenvalue weighted by Crippen LogP contribution is 2.29. The van der Waals surface area contributed by atoms with Gasteiger partial charge in [0, 0.05) is 0 Å². The molecule has 2 N–H and O–H groups in total. The topological polar surface area (TPSA) is 116 Å². The van der Waals surface area contributed by atoms with E-state index in [9.17, 15) is 14.4 Å². The first-order chi connectivity index (χ1) is 15.8. The second-order valence-electron chi connectivity index (χ2n) is 7.80. The fourth-order valence-corrected chi connectivity index (χ4v) is 3.43. The average Bonchev–Trinajstić information content (AvgIpc) is 3.30. The van der Waals surface area contributed by atoms with Gasteiger partial charge in [0.2, 0.25) is 0 Å². The molecule has 176 valence electrons. The molecule has 1 aromatic carbocycles. The van der Waals surface area contributed by atoms with Crippen LogP contribution in [0.1, 0.15) is 49.6 Å². The molecule has 0 aliphatic carbocycles. The van der Waals surface area contributed by atoms with Crippen LogP contribution >= 0.6 is 0 Å². The summed E-state index contributed by atoms with van der Waals surface area (Å²) in [6, 6.07) is 7.65. The highest BCUT2D eigenvalue weighted by molar-refractivity contribution is 5.95. The second kappa shape index (κ2) is 10.7. The molecule has 2 heterocycles. The number of benzene rings is 1. The fraction of sp³-hybridized carbons (Fsp3) is 0.375. The van der Waals surface area contributed by atoms with Gasteiger partial charge in [-0.25, -0.2) is 14.4 Å². The smallest absolute Gasteiger partial charge is 0.344 e. The molecule has 2 aromatic rings. The van der Waals surface area contributed by atoms with Gasteiger partial charge in [0.05, 0.1) is 24.1 Å². The summed E-state index contributed by atoms with van der Waals surface area (Å²) in [6.45, 7) is 7.15. The molecule has 9 nitrogen and oxygen atoms in total. The number of urea groups is 1. The Kier molecular flexibility index (Phi) is 7.76. The number of hydrogen-bond donors (Lipinski definition) is 2. The predicted octanol–water partition coefficient (Wildman–Crippen LogP) is 3.50. The highest BCUT2D eigenvalue weighted by Gasteiger charge is 2.35. The van der Waals surface area contributed by atoms with Gasteiger partial charge in [0.1, 0.15) is 24.2 Å². The lowest BCUT2D eigenvalue weighted by molar-refractivity contribution is -0.145. The zero-order valence-corrected chi connectivity index (χ0v) is 19.1. The first-order valence-corrected chi connectivity index (χ1v) is 10.7. The SMILES string of the molecule is CCOC(=O)C1=C(COC(=O)COc2cc(C)ccc2C(C)C)NC(=O)NC1c1ccco1. The molecule has 0 bridgehead atoms. The van der Waals surface area contributed by atoms with E-state index in [1.807, 2.05) is 39.0 Å². The summed E-state index contributed by atoms with van der Waals surface area (Å²) in [5.74, 6) is -0.126. The maximum absolute atomic E-state index is 12.6. The molecule has 1 aliphatic heterocycles. The van der Waals surface area contributed by atoms with Crippen LogP contribution in [-0.2, 0) is 19.1 Å². The quantitative estimate of drug-likeness (QED) is 0.555. The van der Waals surface area contributed by atoms with Gasteiger partial charge in [-0.2, -0.15) is 0 Å². The van der Waals surface area contributed by atoms with E-state index in [1.165, 1.54) is 6.26 Å². The molecule has 9 heteroatoms. The minimum atomic E-state index is -0.876. The Morgan fingerprint density at radius 3 is 2.64 bits per heavy atom. The summed E-state index contributed by atoms with van der Waals surface area (Å²) in [4.78, 5) is 37.2. The Labute approximate surface area is 192 Å². The third-order valence-electron chi connectivity index (χ3n) is 4.99. The number of rotatable bonds is 9. The number of aryl methyl sites for hydroxylation is 1. The van der Waals surface area contributed by atoms with Gasteiger partial charge in [0.25, 0.3) is 0 Å². The molecule has 0 radical (unpaired) electrons. The van der Waals surface area contributed by atoms with Crippen molar-refractivity contribution in [2.75, 3.05) is 19.8 Å². The van der Waals surface area contributed by atoms with E-state index < -0.39 is 24.0 Å². The Morgan fingerprint density at radius 1 is 1.18 bits per heavy atom. The molecular formula is C24H28N2O7. The molecular weight excluding hydrogens is 428 g/mol. The zero-order chi connectivity index (χ0) is 24.0. The van der Waals surface area contributed by atoms with Crippen LogP contribution in [-0.4, -0.2) is 37.8 Å². The van der Waals surface area contributed by atoms with Crippen LogP contribution in [0, 0.1) is 6.92 Å². The van der Waals surface area contributed by atoms with Crippen LogP contribution in [0.15, 0.2) is 52.3 Å². The summed E-state index contributed by atoms with van der Waals surface area (Å²) in [6.07, 6.45) is 1.43. The van der Waals surface area contributed by atoms with Crippen molar-refractivity contribution in [2.24, 2.45) is 0 Å². The summed E-state index contributed by atoms with van der Waals surface area (Å²) in [7, 11) is 0. The van der Waals surface area contributed by atoms with Gasteiger partial charge in [-0.05, 0) is 49.1 Å². The van der Waals surface area contributed by atoms with E-state index in [1.54, 1.807) is 19.1 Å². The standard InChI is InChI=1S/C24H28N2O7/c1-5-30-23(28)21-17(25-24(29)26-22(21)18-7-6-10-31-18)12-33-20(27)13-32-19-11-15(4)8-9-16(19)14(2)3/h6-11,14,22H,5,12-13H2,1-4H3,(H2,25,26,29). The Bertz CT molecular complexity index is 1040. The highest BCUT2D eigenvalue weighted by atomic mass is 16.6. The molecule has 0 spiro atoms. The van der Waals surface area contributed by atoms with E-state index in [0.717, 1.165) is 11.1 Å². The molecule has 0 saturated carbocycles. The number of nitrogens with one attached hydrogen (secondary N) is 2. The monoisotopic (exact) mass is 456 g/mol. The minimum absolute atomic E-state index is 0.0981. The Morgan fingerprint density at radius 2 is 1.97 bits per heavy atom. The third-order valence-corrected chi connectivity index (χ3v) is 4.99. The van der Waals surface area contributed by atoms with E-state index in [-0.39, 0.29) is 37.0 Å². The zero-order valence-electron chi connectivity index (χ0n) is 19.1. The Hall–Kier alpha value is -3.75. The molecule has 1 aromatic heterocycles. The third kappa shape index (κ3) is 5.94. The molecule has 0 fully saturated rings. The first kappa shape index (κ1) is 23.9. The molecule has 0 saturated heterocycles. The van der Waals surface area contributed by atoms with Crippen LogP contribution in [0.25, 0.3) is 0 Å². The molecule has 1 atom stereocenters. The number of esters is 2. The van der Waals surface area contributed by atoms with Gasteiger partial charge in [-0.15, -0.1) is 0 Å². The second-order valence-corrected chi connectivity index (χ2v) is 7.80. The van der Waals surface area contributed by atoms with Gasteiger partial charge in [0.15, 0.2) is 6.61 Å². The number of carbonyl (C=O) groups excluding carboxylic acids is 3. The number of carbonyl (C=O) groups is 3. The van der Waals surface area contributed by atoms with Crippen molar-refractivity contribution in [3.8, 4) is 5.75 Å². The van der Waals surface area contributed by atoms with Crippen molar-refractivity contribution in [3.05, 3.63) is 64.8 Å². The van der Waals surface area contributed by atoms with Crippen molar-refractivity contribution in [3.63, 3.8) is 0 Å². The average molecular weight is 456 g/mol. The summed E-state index contributed by atoms with van der Waals surface area (Å²) >= 11 is 0. The maximum atomic E-state index is 12.6. The number of furan rings is 1. The summed E-state index contributed by atoms with van der Waals surface area (Å²) < 4.78 is 21.5. The lowest BCUT2D eigenvalue weighted by Gasteiger charge is -2.27. The van der Waals surface area contributed by atoms with Crippen LogP contribution in [0.4, 0.5) is 4.79 Å². The van der Waals surface area contributed by atoms with Crippen LogP contribution in [0.5, 0.6) is 5.75 Å². The Balaban J connectivity index is 1.74. The molecule has 3 rings (SSSR count). The van der Waals surface area contributed by atoms with Crippen LogP contribution < -0.4 is 15.4 Å². The van der Waals surface area contributed by atoms with Crippen molar-refractivity contribution in [2.45, 2.75) is 39.7 Å². The normalized spacial score (nSPS) is 15.7. The molecule has 1 unspecified atom stereocenters. The summed E-state index contributed by atoms with van der Waals surface area (Å²) in [5, 5.41) is 5.15. The van der Waals surface area contributed by atoms with Gasteiger partial charge < -0.3 is 29.3 Å². The van der Waals surface area contributed by atoms with Gasteiger partial charge in [-0.3, -0.25) is 0 Å². The van der Waals surface area contributed by atoms with Crippen molar-refractivity contribution in [1.82, 2.24) is 10.6 Å². The van der Waals surface area contributed by atoms with E-state index in [0.29, 0.717) is 11.5 Å². The molecule has 33 heavy (non-hydrogen) atoms. The predicted molar refractivity (Wildman–Crippen MR) is 118 cm³/mol. The number of hydrogen-bond acceptors (Lipinski definition) is 7. The van der Waals surface area contributed by atoms with E-state index in [2.05, 4.69) is 10.6 Å². The first-order valence-electron chi connectivity index (χ1n) is 10.7. The number of ether oxygens (including phenoxy) is 3. The van der Waals surface area contributed by atoms with Gasteiger partial charge in [-0.1, -0.05) is 26.0 Å². The minimum Gasteiger partial charge on any atom is -0.482 e. The van der Waals surface area contributed by atoms with Crippen molar-refractivity contribution < 1.29 is 33.0 Å². The van der Waals surface area contributed by atoms with Crippen molar-refractivity contribution in [1.29, 1.82) is 0 Å². The number of amides is 2. The molecule has 2 amide bonds. The fourth-order valence-electron chi connectivity index (χ4n) is 3.43. The van der Waals surface area contributed by atoms with Crippen molar-refractivity contribution >= 4 is 18.0 Å². The van der Waals surface area contributed by atoms with Crippen LogP contribution in [0.3, 0.4) is 0 Å².